The van der Waals surface area contributed by atoms with Crippen LogP contribution in [-0.4, -0.2) is 35.3 Å². The standard InChI is InChI=1S/C20H24F2N4O3/c1-20(23,10-12-3-4-12)11-29-15-6-5-14(25-17(15)18(21)22)13-7-8-24-16(9-13)26-19(27)28-2/h5-9,12,18H,3-4,10-11,23H2,1-2H3,(H,24,26,27)/t20-/m0/s1. The lowest BCUT2D eigenvalue weighted by Gasteiger charge is -2.25. The number of halogens is 2. The number of aromatic nitrogens is 2. The van der Waals surface area contributed by atoms with Gasteiger partial charge >= 0.3 is 6.09 Å². The number of nitrogens with two attached hydrogens (primary N) is 1. The molecule has 0 aromatic carbocycles. The second-order valence-electron chi connectivity index (χ2n) is 7.52. The summed E-state index contributed by atoms with van der Waals surface area (Å²) in [5.74, 6) is 0.829. The molecule has 0 radical (unpaired) electrons. The Morgan fingerprint density at radius 2 is 2.14 bits per heavy atom. The molecule has 7 nitrogen and oxygen atoms in total. The molecule has 9 heteroatoms. The summed E-state index contributed by atoms with van der Waals surface area (Å²) >= 11 is 0. The minimum absolute atomic E-state index is 0.0122. The number of ether oxygens (including phenoxy) is 2. The predicted octanol–water partition coefficient (Wildman–Crippen LogP) is 4.16. The second kappa shape index (κ2) is 8.69. The van der Waals surface area contributed by atoms with Crippen molar-refractivity contribution in [1.82, 2.24) is 9.97 Å². The molecular formula is C20H24F2N4O3. The van der Waals surface area contributed by atoms with Crippen molar-refractivity contribution >= 4 is 11.9 Å². The summed E-state index contributed by atoms with van der Waals surface area (Å²) in [5, 5.41) is 2.42. The molecule has 0 saturated heterocycles. The Kier molecular flexibility index (Phi) is 6.26. The summed E-state index contributed by atoms with van der Waals surface area (Å²) in [6.45, 7) is 1.99. The number of hydrogen-bond acceptors (Lipinski definition) is 6. The summed E-state index contributed by atoms with van der Waals surface area (Å²) in [5.41, 5.74) is 6.01. The van der Waals surface area contributed by atoms with Crippen LogP contribution in [0.4, 0.5) is 19.4 Å². The fourth-order valence-electron chi connectivity index (χ4n) is 3.00. The fourth-order valence-corrected chi connectivity index (χ4v) is 3.00. The molecule has 2 aromatic heterocycles. The van der Waals surface area contributed by atoms with Crippen LogP contribution in [0.25, 0.3) is 11.3 Å². The first-order valence-electron chi connectivity index (χ1n) is 9.29. The SMILES string of the molecule is COC(=O)Nc1cc(-c2ccc(OC[C@@](C)(N)CC3CC3)c(C(F)F)n2)ccn1. The first kappa shape index (κ1) is 20.9. The molecule has 1 aliphatic rings. The van der Waals surface area contributed by atoms with E-state index in [-0.39, 0.29) is 18.2 Å². The molecule has 3 rings (SSSR count). The van der Waals surface area contributed by atoms with E-state index in [1.54, 1.807) is 12.1 Å². The second-order valence-corrected chi connectivity index (χ2v) is 7.52. The summed E-state index contributed by atoms with van der Waals surface area (Å²) in [4.78, 5) is 19.4. The van der Waals surface area contributed by atoms with Gasteiger partial charge in [-0.1, -0.05) is 12.8 Å². The van der Waals surface area contributed by atoms with Gasteiger partial charge in [-0.05, 0) is 43.5 Å². The molecule has 2 aromatic rings. The van der Waals surface area contributed by atoms with Crippen molar-refractivity contribution in [2.24, 2.45) is 11.7 Å². The largest absolute Gasteiger partial charge is 0.490 e. The van der Waals surface area contributed by atoms with Gasteiger partial charge in [-0.3, -0.25) is 5.32 Å². The lowest BCUT2D eigenvalue weighted by molar-refractivity contribution is 0.135. The number of alkyl halides is 2. The number of rotatable bonds is 8. The third kappa shape index (κ3) is 5.83. The molecule has 1 aliphatic carbocycles. The Bertz CT molecular complexity index is 873. The normalized spacial score (nSPS) is 15.7. The molecule has 1 atom stereocenters. The van der Waals surface area contributed by atoms with Crippen LogP contribution in [0.1, 0.15) is 38.3 Å². The predicted molar refractivity (Wildman–Crippen MR) is 104 cm³/mol. The lowest BCUT2D eigenvalue weighted by Crippen LogP contribution is -2.43. The number of carbonyl (C=O) groups excluding carboxylic acids is 1. The van der Waals surface area contributed by atoms with Crippen molar-refractivity contribution < 1.29 is 23.0 Å². The van der Waals surface area contributed by atoms with E-state index in [2.05, 4.69) is 20.0 Å². The van der Waals surface area contributed by atoms with Gasteiger partial charge in [0, 0.05) is 17.3 Å². The molecule has 0 spiro atoms. The van der Waals surface area contributed by atoms with Crippen LogP contribution in [0.3, 0.4) is 0 Å². The maximum atomic E-state index is 13.6. The van der Waals surface area contributed by atoms with Crippen LogP contribution >= 0.6 is 0 Å². The fraction of sp³-hybridized carbons (Fsp3) is 0.450. The number of amides is 1. The number of hydrogen-bond donors (Lipinski definition) is 2. The highest BCUT2D eigenvalue weighted by Gasteiger charge is 2.31. The van der Waals surface area contributed by atoms with Gasteiger partial charge in [0.2, 0.25) is 0 Å². The minimum atomic E-state index is -2.81. The topological polar surface area (TPSA) is 99.4 Å². The van der Waals surface area contributed by atoms with E-state index in [0.717, 1.165) is 19.3 Å². The zero-order chi connectivity index (χ0) is 21.0. The van der Waals surface area contributed by atoms with E-state index in [9.17, 15) is 13.6 Å². The van der Waals surface area contributed by atoms with Crippen molar-refractivity contribution in [1.29, 1.82) is 0 Å². The number of carbonyl (C=O) groups is 1. The van der Waals surface area contributed by atoms with E-state index < -0.39 is 23.8 Å². The van der Waals surface area contributed by atoms with Gasteiger partial charge < -0.3 is 15.2 Å². The molecule has 0 bridgehead atoms. The van der Waals surface area contributed by atoms with Crippen LogP contribution in [0.15, 0.2) is 30.5 Å². The number of methoxy groups -OCH3 is 1. The van der Waals surface area contributed by atoms with E-state index in [1.165, 1.54) is 25.4 Å². The monoisotopic (exact) mass is 406 g/mol. The van der Waals surface area contributed by atoms with Crippen LogP contribution in [0.5, 0.6) is 5.75 Å². The van der Waals surface area contributed by atoms with Crippen molar-refractivity contribution in [3.05, 3.63) is 36.2 Å². The minimum Gasteiger partial charge on any atom is -0.490 e. The molecule has 1 fully saturated rings. The van der Waals surface area contributed by atoms with Gasteiger partial charge in [0.05, 0.1) is 12.8 Å². The Balaban J connectivity index is 1.78. The smallest absolute Gasteiger partial charge is 0.412 e. The van der Waals surface area contributed by atoms with Crippen LogP contribution in [0, 0.1) is 5.92 Å². The van der Waals surface area contributed by atoms with Crippen molar-refractivity contribution in [3.8, 4) is 17.0 Å². The zero-order valence-corrected chi connectivity index (χ0v) is 16.3. The van der Waals surface area contributed by atoms with E-state index in [0.29, 0.717) is 17.2 Å². The Hall–Kier alpha value is -2.81. The highest BCUT2D eigenvalue weighted by atomic mass is 19.3. The molecule has 1 amide bonds. The molecule has 2 heterocycles. The third-order valence-corrected chi connectivity index (χ3v) is 4.57. The van der Waals surface area contributed by atoms with Crippen LogP contribution < -0.4 is 15.8 Å². The van der Waals surface area contributed by atoms with Gasteiger partial charge in [0.25, 0.3) is 6.43 Å². The number of nitrogens with zero attached hydrogens (tertiary/aromatic N) is 2. The summed E-state index contributed by atoms with van der Waals surface area (Å²) in [7, 11) is 1.23. The number of anilines is 1. The van der Waals surface area contributed by atoms with E-state index in [1.807, 2.05) is 6.92 Å². The van der Waals surface area contributed by atoms with Crippen LogP contribution in [-0.2, 0) is 4.74 Å². The van der Waals surface area contributed by atoms with Crippen molar-refractivity contribution in [3.63, 3.8) is 0 Å². The Morgan fingerprint density at radius 3 is 2.79 bits per heavy atom. The summed E-state index contributed by atoms with van der Waals surface area (Å²) < 4.78 is 37.3. The lowest BCUT2D eigenvalue weighted by atomic mass is 9.97. The quantitative estimate of drug-likeness (QED) is 0.683. The average molecular weight is 406 g/mol. The van der Waals surface area contributed by atoms with Gasteiger partial charge in [-0.25, -0.2) is 23.5 Å². The average Bonchev–Trinajstić information content (AvgIpc) is 3.49. The van der Waals surface area contributed by atoms with Crippen LogP contribution in [0.2, 0.25) is 0 Å². The van der Waals surface area contributed by atoms with Gasteiger partial charge in [0.15, 0.2) is 0 Å². The van der Waals surface area contributed by atoms with E-state index in [4.69, 9.17) is 10.5 Å². The van der Waals surface area contributed by atoms with Gasteiger partial charge in [0.1, 0.15) is 23.9 Å². The highest BCUT2D eigenvalue weighted by Crippen LogP contribution is 2.37. The zero-order valence-electron chi connectivity index (χ0n) is 16.3. The Morgan fingerprint density at radius 1 is 1.38 bits per heavy atom. The summed E-state index contributed by atoms with van der Waals surface area (Å²) in [6.07, 6.45) is 1.05. The molecule has 0 unspecified atom stereocenters. The van der Waals surface area contributed by atoms with Gasteiger partial charge in [-0.2, -0.15) is 0 Å². The van der Waals surface area contributed by atoms with Crippen molar-refractivity contribution in [2.75, 3.05) is 19.0 Å². The molecule has 0 aliphatic heterocycles. The molecule has 1 saturated carbocycles. The molecular weight excluding hydrogens is 382 g/mol. The van der Waals surface area contributed by atoms with Gasteiger partial charge in [-0.15, -0.1) is 0 Å². The van der Waals surface area contributed by atoms with E-state index >= 15 is 0 Å². The number of nitrogens with one attached hydrogen (secondary N) is 1. The highest BCUT2D eigenvalue weighted by molar-refractivity contribution is 5.84. The van der Waals surface area contributed by atoms with Crippen molar-refractivity contribution in [2.45, 2.75) is 38.2 Å². The maximum Gasteiger partial charge on any atom is 0.412 e. The molecule has 29 heavy (non-hydrogen) atoms. The molecule has 156 valence electrons. The molecule has 3 N–H and O–H groups in total. The number of pyridine rings is 2. The summed E-state index contributed by atoms with van der Waals surface area (Å²) in [6, 6.07) is 6.16. The maximum absolute atomic E-state index is 13.6. The third-order valence-electron chi connectivity index (χ3n) is 4.57. The Labute approximate surface area is 167 Å². The first-order valence-corrected chi connectivity index (χ1v) is 9.29. The first-order chi connectivity index (χ1) is 13.8.